The highest BCUT2D eigenvalue weighted by molar-refractivity contribution is 6.35. The molecule has 0 atom stereocenters. The SMILES string of the molecule is O=C(c1ccccc1OCc1ccc(Cl)cc1Cl)N1CCC(C2OCCO2)CC1. The third-order valence-electron chi connectivity index (χ3n) is 5.38. The average Bonchev–Trinajstić information content (AvgIpc) is 3.28. The number of hydrogen-bond acceptors (Lipinski definition) is 4. The number of rotatable bonds is 5. The fourth-order valence-electron chi connectivity index (χ4n) is 3.76. The number of ether oxygens (including phenoxy) is 3. The van der Waals surface area contributed by atoms with E-state index in [1.165, 1.54) is 0 Å². The molecule has 7 heteroatoms. The van der Waals surface area contributed by atoms with Crippen LogP contribution in [0.15, 0.2) is 42.5 Å². The van der Waals surface area contributed by atoms with Gasteiger partial charge in [0.05, 0.1) is 18.8 Å². The van der Waals surface area contributed by atoms with Crippen molar-refractivity contribution in [2.75, 3.05) is 26.3 Å². The first kappa shape index (κ1) is 20.5. The second-order valence-corrected chi connectivity index (χ2v) is 8.10. The number of carbonyl (C=O) groups is 1. The summed E-state index contributed by atoms with van der Waals surface area (Å²) in [5, 5.41) is 1.12. The molecule has 4 rings (SSSR count). The standard InChI is InChI=1S/C22H23Cl2NO4/c23-17-6-5-16(19(24)13-17)14-29-20-4-2-1-3-18(20)21(26)25-9-7-15(8-10-25)22-27-11-12-28-22/h1-6,13,15,22H,7-12,14H2. The first-order valence-corrected chi connectivity index (χ1v) is 10.6. The molecule has 29 heavy (non-hydrogen) atoms. The van der Waals surface area contributed by atoms with Crippen molar-refractivity contribution in [3.63, 3.8) is 0 Å². The Bertz CT molecular complexity index is 862. The van der Waals surface area contributed by atoms with E-state index in [1.807, 2.05) is 29.2 Å². The molecule has 2 heterocycles. The molecule has 2 fully saturated rings. The number of likely N-dealkylation sites (tertiary alicyclic amines) is 1. The van der Waals surface area contributed by atoms with Gasteiger partial charge in [0.2, 0.25) is 0 Å². The highest BCUT2D eigenvalue weighted by Crippen LogP contribution is 2.29. The van der Waals surface area contributed by atoms with Gasteiger partial charge in [-0.1, -0.05) is 41.4 Å². The third kappa shape index (κ3) is 4.86. The highest BCUT2D eigenvalue weighted by Gasteiger charge is 2.32. The van der Waals surface area contributed by atoms with Crippen LogP contribution in [0.1, 0.15) is 28.8 Å². The molecule has 2 aromatic carbocycles. The first-order chi connectivity index (χ1) is 14.1. The summed E-state index contributed by atoms with van der Waals surface area (Å²) in [5.41, 5.74) is 1.38. The highest BCUT2D eigenvalue weighted by atomic mass is 35.5. The van der Waals surface area contributed by atoms with Crippen molar-refractivity contribution in [1.29, 1.82) is 0 Å². The summed E-state index contributed by atoms with van der Waals surface area (Å²) < 4.78 is 17.2. The summed E-state index contributed by atoms with van der Waals surface area (Å²) >= 11 is 12.2. The molecule has 154 valence electrons. The molecule has 5 nitrogen and oxygen atoms in total. The number of halogens is 2. The maximum atomic E-state index is 13.1. The van der Waals surface area contributed by atoms with Crippen molar-refractivity contribution in [2.45, 2.75) is 25.7 Å². The lowest BCUT2D eigenvalue weighted by Crippen LogP contribution is -2.41. The molecule has 0 saturated carbocycles. The molecule has 0 N–H and O–H groups in total. The van der Waals surface area contributed by atoms with Crippen molar-refractivity contribution in [3.05, 3.63) is 63.6 Å². The van der Waals surface area contributed by atoms with Gasteiger partial charge in [-0.25, -0.2) is 0 Å². The van der Waals surface area contributed by atoms with Gasteiger partial charge < -0.3 is 19.1 Å². The van der Waals surface area contributed by atoms with Gasteiger partial charge in [-0.05, 0) is 37.1 Å². The Kier molecular flexibility index (Phi) is 6.60. The maximum absolute atomic E-state index is 13.1. The molecule has 0 bridgehead atoms. The van der Waals surface area contributed by atoms with Crippen LogP contribution in [0.5, 0.6) is 5.75 Å². The van der Waals surface area contributed by atoms with Gasteiger partial charge in [0.25, 0.3) is 5.91 Å². The van der Waals surface area contributed by atoms with Crippen molar-refractivity contribution in [3.8, 4) is 5.75 Å². The largest absolute Gasteiger partial charge is 0.488 e. The minimum absolute atomic E-state index is 0.0190. The van der Waals surface area contributed by atoms with Crippen molar-refractivity contribution in [1.82, 2.24) is 4.90 Å². The monoisotopic (exact) mass is 435 g/mol. The fraction of sp³-hybridized carbons (Fsp3) is 0.409. The Morgan fingerprint density at radius 1 is 1.07 bits per heavy atom. The molecular formula is C22H23Cl2NO4. The summed E-state index contributed by atoms with van der Waals surface area (Å²) in [5.74, 6) is 0.878. The zero-order valence-corrected chi connectivity index (χ0v) is 17.5. The molecule has 2 aliphatic rings. The van der Waals surface area contributed by atoms with Crippen LogP contribution in [-0.2, 0) is 16.1 Å². The number of nitrogens with zero attached hydrogens (tertiary/aromatic N) is 1. The summed E-state index contributed by atoms with van der Waals surface area (Å²) in [7, 11) is 0. The predicted octanol–water partition coefficient (Wildman–Crippen LogP) is 4.80. The van der Waals surface area contributed by atoms with Crippen molar-refractivity contribution >= 4 is 29.1 Å². The number of para-hydroxylation sites is 1. The topological polar surface area (TPSA) is 48.0 Å². The minimum atomic E-state index is -0.119. The van der Waals surface area contributed by atoms with Crippen LogP contribution < -0.4 is 4.74 Å². The molecule has 0 spiro atoms. The van der Waals surface area contributed by atoms with Crippen molar-refractivity contribution < 1.29 is 19.0 Å². The zero-order valence-electron chi connectivity index (χ0n) is 16.0. The third-order valence-corrected chi connectivity index (χ3v) is 5.96. The average molecular weight is 436 g/mol. The summed E-state index contributed by atoms with van der Waals surface area (Å²) in [4.78, 5) is 15.0. The number of hydrogen-bond donors (Lipinski definition) is 0. The molecule has 2 aromatic rings. The fourth-order valence-corrected chi connectivity index (χ4v) is 4.22. The summed E-state index contributed by atoms with van der Waals surface area (Å²) in [6.45, 7) is 2.95. The Labute approximate surface area is 180 Å². The van der Waals surface area contributed by atoms with Crippen LogP contribution in [-0.4, -0.2) is 43.4 Å². The van der Waals surface area contributed by atoms with Gasteiger partial charge in [0.1, 0.15) is 12.4 Å². The van der Waals surface area contributed by atoms with Crippen LogP contribution in [0.2, 0.25) is 10.0 Å². The molecule has 0 radical (unpaired) electrons. The lowest BCUT2D eigenvalue weighted by atomic mass is 9.95. The number of benzene rings is 2. The molecule has 0 unspecified atom stereocenters. The maximum Gasteiger partial charge on any atom is 0.257 e. The van der Waals surface area contributed by atoms with E-state index < -0.39 is 0 Å². The quantitative estimate of drug-likeness (QED) is 0.676. The second-order valence-electron chi connectivity index (χ2n) is 7.26. The number of piperidine rings is 1. The van der Waals surface area contributed by atoms with Crippen molar-refractivity contribution in [2.24, 2.45) is 5.92 Å². The molecule has 0 aliphatic carbocycles. The van der Waals surface area contributed by atoms with Crippen LogP contribution in [0, 0.1) is 5.92 Å². The molecular weight excluding hydrogens is 413 g/mol. The molecule has 1 amide bonds. The Morgan fingerprint density at radius 3 is 2.52 bits per heavy atom. The molecule has 2 aliphatic heterocycles. The van der Waals surface area contributed by atoms with E-state index in [0.29, 0.717) is 53.6 Å². The van der Waals surface area contributed by atoms with E-state index in [0.717, 1.165) is 18.4 Å². The van der Waals surface area contributed by atoms with Gasteiger partial charge in [-0.3, -0.25) is 4.79 Å². The smallest absolute Gasteiger partial charge is 0.257 e. The van der Waals surface area contributed by atoms with Crippen LogP contribution in [0.3, 0.4) is 0 Å². The van der Waals surface area contributed by atoms with Crippen LogP contribution in [0.4, 0.5) is 0 Å². The minimum Gasteiger partial charge on any atom is -0.488 e. The summed E-state index contributed by atoms with van der Waals surface area (Å²) in [6, 6.07) is 12.6. The molecule has 0 aromatic heterocycles. The van der Waals surface area contributed by atoms with Gasteiger partial charge in [-0.2, -0.15) is 0 Å². The van der Waals surface area contributed by atoms with E-state index in [9.17, 15) is 4.79 Å². The van der Waals surface area contributed by atoms with E-state index in [2.05, 4.69) is 0 Å². The predicted molar refractivity (Wildman–Crippen MR) is 112 cm³/mol. The van der Waals surface area contributed by atoms with E-state index >= 15 is 0 Å². The number of carbonyl (C=O) groups excluding carboxylic acids is 1. The van der Waals surface area contributed by atoms with Gasteiger partial charge in [-0.15, -0.1) is 0 Å². The number of amides is 1. The van der Waals surface area contributed by atoms with Gasteiger partial charge >= 0.3 is 0 Å². The lowest BCUT2D eigenvalue weighted by Gasteiger charge is -2.34. The Balaban J connectivity index is 1.40. The Morgan fingerprint density at radius 2 is 1.79 bits per heavy atom. The zero-order chi connectivity index (χ0) is 20.2. The second kappa shape index (κ2) is 9.35. The first-order valence-electron chi connectivity index (χ1n) is 9.80. The van der Waals surface area contributed by atoms with E-state index in [-0.39, 0.29) is 18.8 Å². The van der Waals surface area contributed by atoms with Crippen LogP contribution in [0.25, 0.3) is 0 Å². The molecule has 2 saturated heterocycles. The van der Waals surface area contributed by atoms with Gasteiger partial charge in [0.15, 0.2) is 6.29 Å². The van der Waals surface area contributed by atoms with Crippen LogP contribution >= 0.6 is 23.2 Å². The van der Waals surface area contributed by atoms with E-state index in [4.69, 9.17) is 37.4 Å². The van der Waals surface area contributed by atoms with E-state index in [1.54, 1.807) is 18.2 Å². The Hall–Kier alpha value is -1.79. The van der Waals surface area contributed by atoms with Gasteiger partial charge in [0, 0.05) is 34.6 Å². The lowest BCUT2D eigenvalue weighted by molar-refractivity contribution is -0.0956. The normalized spacial score (nSPS) is 18.2. The summed E-state index contributed by atoms with van der Waals surface area (Å²) in [6.07, 6.45) is 1.63.